The highest BCUT2D eigenvalue weighted by Crippen LogP contribution is 2.23. The van der Waals surface area contributed by atoms with E-state index in [9.17, 15) is 9.59 Å². The van der Waals surface area contributed by atoms with Crippen LogP contribution in [0.2, 0.25) is 0 Å². The third-order valence-electron chi connectivity index (χ3n) is 3.77. The molecule has 2 aromatic rings. The van der Waals surface area contributed by atoms with Crippen LogP contribution in [0.25, 0.3) is 0 Å². The van der Waals surface area contributed by atoms with Gasteiger partial charge in [-0.05, 0) is 55.3 Å². The molecule has 2 amide bonds. The number of hydrogen-bond acceptors (Lipinski definition) is 3. The highest BCUT2D eigenvalue weighted by atomic mass is 16.5. The first-order chi connectivity index (χ1) is 11.4. The summed E-state index contributed by atoms with van der Waals surface area (Å²) in [5.74, 6) is 0.448. The van der Waals surface area contributed by atoms with Crippen LogP contribution in [0.1, 0.15) is 34.8 Å². The molecule has 0 aliphatic rings. The number of methoxy groups -OCH3 is 1. The van der Waals surface area contributed by atoms with Crippen LogP contribution in [0.15, 0.2) is 36.4 Å². The third kappa shape index (κ3) is 4.13. The molecule has 0 heterocycles. The van der Waals surface area contributed by atoms with Crippen molar-refractivity contribution in [3.8, 4) is 5.75 Å². The molecule has 2 N–H and O–H groups in total. The van der Waals surface area contributed by atoms with E-state index < -0.39 is 0 Å². The Labute approximate surface area is 142 Å². The van der Waals surface area contributed by atoms with Gasteiger partial charge in [0.05, 0.1) is 7.11 Å². The minimum atomic E-state index is -0.197. The van der Waals surface area contributed by atoms with Crippen molar-refractivity contribution in [1.82, 2.24) is 0 Å². The molecule has 2 aromatic carbocycles. The number of nitrogens with one attached hydrogen (secondary N) is 2. The maximum absolute atomic E-state index is 12.5. The molecule has 0 aliphatic heterocycles. The van der Waals surface area contributed by atoms with Gasteiger partial charge in [-0.2, -0.15) is 0 Å². The zero-order chi connectivity index (χ0) is 17.7. The molecule has 0 aliphatic carbocycles. The first-order valence-electron chi connectivity index (χ1n) is 7.81. The quantitative estimate of drug-likeness (QED) is 0.875. The summed E-state index contributed by atoms with van der Waals surface area (Å²) in [5, 5.41) is 5.70. The molecule has 0 radical (unpaired) electrons. The molecule has 0 spiro atoms. The molecule has 126 valence electrons. The number of aryl methyl sites for hydroxylation is 2. The van der Waals surface area contributed by atoms with Crippen molar-refractivity contribution in [2.45, 2.75) is 27.2 Å². The largest absolute Gasteiger partial charge is 0.497 e. The minimum absolute atomic E-state index is 0.0675. The topological polar surface area (TPSA) is 67.4 Å². The van der Waals surface area contributed by atoms with Crippen LogP contribution >= 0.6 is 0 Å². The van der Waals surface area contributed by atoms with Crippen LogP contribution in [0.4, 0.5) is 11.4 Å². The molecule has 0 unspecified atom stereocenters. The van der Waals surface area contributed by atoms with Gasteiger partial charge in [-0.3, -0.25) is 9.59 Å². The normalized spacial score (nSPS) is 10.2. The molecule has 0 aromatic heterocycles. The smallest absolute Gasteiger partial charge is 0.255 e. The maximum atomic E-state index is 12.5. The lowest BCUT2D eigenvalue weighted by atomic mass is 10.1. The predicted molar refractivity (Wildman–Crippen MR) is 95.8 cm³/mol. The molecule has 2 rings (SSSR count). The molecule has 0 atom stereocenters. The average molecular weight is 326 g/mol. The van der Waals surface area contributed by atoms with E-state index in [-0.39, 0.29) is 11.8 Å². The van der Waals surface area contributed by atoms with Crippen molar-refractivity contribution in [3.05, 3.63) is 53.1 Å². The van der Waals surface area contributed by atoms with Gasteiger partial charge < -0.3 is 15.4 Å². The standard InChI is InChI=1S/C19H22N2O3/c1-5-18(22)20-14-7-6-12(2)17(11-14)21-19(23)16-9-8-15(24-4)10-13(16)3/h6-11H,5H2,1-4H3,(H,20,22)(H,21,23). The highest BCUT2D eigenvalue weighted by Gasteiger charge is 2.12. The summed E-state index contributed by atoms with van der Waals surface area (Å²) in [4.78, 5) is 24.1. The van der Waals surface area contributed by atoms with E-state index in [0.29, 0.717) is 29.1 Å². The van der Waals surface area contributed by atoms with Gasteiger partial charge in [-0.15, -0.1) is 0 Å². The van der Waals surface area contributed by atoms with E-state index >= 15 is 0 Å². The van der Waals surface area contributed by atoms with E-state index in [2.05, 4.69) is 10.6 Å². The first kappa shape index (κ1) is 17.5. The fourth-order valence-electron chi connectivity index (χ4n) is 2.29. The Hall–Kier alpha value is -2.82. The van der Waals surface area contributed by atoms with Crippen molar-refractivity contribution in [3.63, 3.8) is 0 Å². The van der Waals surface area contributed by atoms with Crippen LogP contribution in [-0.4, -0.2) is 18.9 Å². The fourth-order valence-corrected chi connectivity index (χ4v) is 2.29. The Kier molecular flexibility index (Phi) is 5.58. The Bertz CT molecular complexity index is 769. The second kappa shape index (κ2) is 7.64. The van der Waals surface area contributed by atoms with Crippen molar-refractivity contribution in [2.75, 3.05) is 17.7 Å². The Morgan fingerprint density at radius 1 is 1.00 bits per heavy atom. The van der Waals surface area contributed by atoms with Crippen molar-refractivity contribution in [1.29, 1.82) is 0 Å². The summed E-state index contributed by atoms with van der Waals surface area (Å²) in [6, 6.07) is 10.8. The molecule has 24 heavy (non-hydrogen) atoms. The van der Waals surface area contributed by atoms with E-state index in [1.165, 1.54) is 0 Å². The summed E-state index contributed by atoms with van der Waals surface area (Å²) in [6.45, 7) is 5.56. The lowest BCUT2D eigenvalue weighted by molar-refractivity contribution is -0.115. The third-order valence-corrected chi connectivity index (χ3v) is 3.77. The molecule has 0 fully saturated rings. The Morgan fingerprint density at radius 3 is 2.38 bits per heavy atom. The zero-order valence-corrected chi connectivity index (χ0v) is 14.4. The molecule has 0 bridgehead atoms. The number of carbonyl (C=O) groups excluding carboxylic acids is 2. The Balaban J connectivity index is 2.22. The van der Waals surface area contributed by atoms with Crippen molar-refractivity contribution >= 4 is 23.2 Å². The van der Waals surface area contributed by atoms with Gasteiger partial charge in [-0.25, -0.2) is 0 Å². The molecular weight excluding hydrogens is 304 g/mol. The summed E-state index contributed by atoms with van der Waals surface area (Å²) in [5.41, 5.74) is 3.67. The second-order valence-corrected chi connectivity index (χ2v) is 5.57. The van der Waals surface area contributed by atoms with Gasteiger partial charge >= 0.3 is 0 Å². The summed E-state index contributed by atoms with van der Waals surface area (Å²) >= 11 is 0. The first-order valence-corrected chi connectivity index (χ1v) is 7.81. The lowest BCUT2D eigenvalue weighted by Gasteiger charge is -2.13. The second-order valence-electron chi connectivity index (χ2n) is 5.57. The Morgan fingerprint density at radius 2 is 1.75 bits per heavy atom. The molecule has 5 heteroatoms. The molecule has 0 saturated heterocycles. The molecular formula is C19H22N2O3. The van der Waals surface area contributed by atoms with Crippen molar-refractivity contribution < 1.29 is 14.3 Å². The number of ether oxygens (including phenoxy) is 1. The van der Waals surface area contributed by atoms with E-state index in [4.69, 9.17) is 4.74 Å². The summed E-state index contributed by atoms with van der Waals surface area (Å²) < 4.78 is 5.16. The van der Waals surface area contributed by atoms with Crippen LogP contribution < -0.4 is 15.4 Å². The predicted octanol–water partition coefficient (Wildman–Crippen LogP) is 3.91. The maximum Gasteiger partial charge on any atom is 0.255 e. The van der Waals surface area contributed by atoms with Crippen LogP contribution in [0.3, 0.4) is 0 Å². The number of anilines is 2. The van der Waals surface area contributed by atoms with Gasteiger partial charge in [-0.1, -0.05) is 13.0 Å². The summed E-state index contributed by atoms with van der Waals surface area (Å²) in [7, 11) is 1.59. The molecule has 0 saturated carbocycles. The van der Waals surface area contributed by atoms with Gasteiger partial charge in [0.1, 0.15) is 5.75 Å². The number of hydrogen-bond donors (Lipinski definition) is 2. The summed E-state index contributed by atoms with van der Waals surface area (Å²) in [6.07, 6.45) is 0.403. The highest BCUT2D eigenvalue weighted by molar-refractivity contribution is 6.06. The van der Waals surface area contributed by atoms with E-state index in [1.807, 2.05) is 32.0 Å². The van der Waals surface area contributed by atoms with Gasteiger partial charge in [0.15, 0.2) is 0 Å². The lowest BCUT2D eigenvalue weighted by Crippen LogP contribution is -2.15. The van der Waals surface area contributed by atoms with Crippen LogP contribution in [0.5, 0.6) is 5.75 Å². The van der Waals surface area contributed by atoms with Crippen LogP contribution in [0, 0.1) is 13.8 Å². The van der Waals surface area contributed by atoms with Crippen molar-refractivity contribution in [2.24, 2.45) is 0 Å². The molecule has 5 nitrogen and oxygen atoms in total. The van der Waals surface area contributed by atoms with E-state index in [1.54, 1.807) is 32.2 Å². The number of rotatable bonds is 5. The zero-order valence-electron chi connectivity index (χ0n) is 14.4. The number of carbonyl (C=O) groups is 2. The SMILES string of the molecule is CCC(=O)Nc1ccc(C)c(NC(=O)c2ccc(OC)cc2C)c1. The van der Waals surface area contributed by atoms with E-state index in [0.717, 1.165) is 11.1 Å². The monoisotopic (exact) mass is 326 g/mol. The van der Waals surface area contributed by atoms with Gasteiger partial charge in [0, 0.05) is 23.4 Å². The average Bonchev–Trinajstić information content (AvgIpc) is 2.57. The van der Waals surface area contributed by atoms with Gasteiger partial charge in [0.2, 0.25) is 5.91 Å². The minimum Gasteiger partial charge on any atom is -0.497 e. The number of amides is 2. The van der Waals surface area contributed by atoms with Crippen LogP contribution in [-0.2, 0) is 4.79 Å². The number of benzene rings is 2. The fraction of sp³-hybridized carbons (Fsp3) is 0.263. The van der Waals surface area contributed by atoms with Gasteiger partial charge in [0.25, 0.3) is 5.91 Å².